The number of dihydropyridines is 1. The Labute approximate surface area is 142 Å². The lowest BCUT2D eigenvalue weighted by molar-refractivity contribution is -0.130. The number of imide groups is 1. The van der Waals surface area contributed by atoms with Gasteiger partial charge in [0.25, 0.3) is 0 Å². The van der Waals surface area contributed by atoms with Crippen LogP contribution in [0.2, 0.25) is 0 Å². The number of benzene rings is 1. The summed E-state index contributed by atoms with van der Waals surface area (Å²) in [5.74, 6) is -1.76. The summed E-state index contributed by atoms with van der Waals surface area (Å²) < 4.78 is 13.5. The Bertz CT molecular complexity index is 816. The van der Waals surface area contributed by atoms with Crippen molar-refractivity contribution in [2.45, 2.75) is 6.42 Å². The number of fused-ring (bicyclic) bond motifs is 1. The van der Waals surface area contributed by atoms with Crippen LogP contribution in [0, 0.1) is 11.7 Å². The van der Waals surface area contributed by atoms with Crippen molar-refractivity contribution in [1.82, 2.24) is 10.2 Å². The quantitative estimate of drug-likeness (QED) is 0.869. The Morgan fingerprint density at radius 1 is 1.28 bits per heavy atom. The lowest BCUT2D eigenvalue weighted by Crippen LogP contribution is -2.48. The number of carbonyl (C=O) groups is 3. The van der Waals surface area contributed by atoms with Crippen molar-refractivity contribution >= 4 is 29.9 Å². The van der Waals surface area contributed by atoms with E-state index in [1.165, 1.54) is 18.3 Å². The van der Waals surface area contributed by atoms with E-state index in [9.17, 15) is 18.8 Å². The average Bonchev–Trinajstić information content (AvgIpc) is 2.60. The van der Waals surface area contributed by atoms with Crippen molar-refractivity contribution in [3.05, 3.63) is 47.8 Å². The highest BCUT2D eigenvalue weighted by molar-refractivity contribution is 6.19. The molecule has 1 atom stereocenters. The van der Waals surface area contributed by atoms with Gasteiger partial charge in [0.2, 0.25) is 11.8 Å². The second-order valence-electron chi connectivity index (χ2n) is 5.50. The summed E-state index contributed by atoms with van der Waals surface area (Å²) in [5, 5.41) is 2.57. The first kappa shape index (κ1) is 16.7. The van der Waals surface area contributed by atoms with Crippen LogP contribution in [0.3, 0.4) is 0 Å². The Hall–Kier alpha value is -3.16. The highest BCUT2D eigenvalue weighted by Gasteiger charge is 2.36. The first-order chi connectivity index (χ1) is 12.1. The molecule has 3 rings (SSSR count). The molecule has 0 saturated carbocycles. The summed E-state index contributed by atoms with van der Waals surface area (Å²) in [5.41, 5.74) is 0.282. The molecular formula is C17H15FN4O3. The predicted octanol–water partition coefficient (Wildman–Crippen LogP) is 1.10. The van der Waals surface area contributed by atoms with Gasteiger partial charge in [-0.2, -0.15) is 4.99 Å². The van der Waals surface area contributed by atoms with Crippen LogP contribution in [-0.2, 0) is 16.0 Å². The summed E-state index contributed by atoms with van der Waals surface area (Å²) in [6.45, 7) is 0.0564. The van der Waals surface area contributed by atoms with Crippen LogP contribution in [0.15, 0.2) is 46.4 Å². The number of hydrogen-bond donors (Lipinski definition) is 1. The number of urea groups is 1. The van der Waals surface area contributed by atoms with Crippen LogP contribution in [0.4, 0.5) is 9.18 Å². The van der Waals surface area contributed by atoms with E-state index in [-0.39, 0.29) is 30.9 Å². The van der Waals surface area contributed by atoms with Gasteiger partial charge in [-0.05, 0) is 17.7 Å². The number of amides is 4. The second-order valence-corrected chi connectivity index (χ2v) is 5.50. The van der Waals surface area contributed by atoms with Gasteiger partial charge in [-0.15, -0.1) is 0 Å². The number of amidine groups is 1. The van der Waals surface area contributed by atoms with Crippen LogP contribution < -0.4 is 5.32 Å². The highest BCUT2D eigenvalue weighted by atomic mass is 19.1. The van der Waals surface area contributed by atoms with Crippen molar-refractivity contribution < 1.29 is 18.8 Å². The van der Waals surface area contributed by atoms with Gasteiger partial charge in [0.05, 0.1) is 6.42 Å². The van der Waals surface area contributed by atoms with Crippen LogP contribution in [0.25, 0.3) is 0 Å². The summed E-state index contributed by atoms with van der Waals surface area (Å²) >= 11 is 0. The van der Waals surface area contributed by atoms with E-state index in [2.05, 4.69) is 15.3 Å². The molecule has 2 aliphatic heterocycles. The molecule has 128 valence electrons. The zero-order valence-electron chi connectivity index (χ0n) is 13.2. The molecule has 1 aromatic carbocycles. The van der Waals surface area contributed by atoms with Gasteiger partial charge in [0.15, 0.2) is 0 Å². The number of allylic oxidation sites excluding steroid dienone is 1. The largest absolute Gasteiger partial charge is 0.354 e. The number of aliphatic imine (C=N–C) groups is 2. The zero-order valence-corrected chi connectivity index (χ0v) is 13.2. The minimum Gasteiger partial charge on any atom is -0.354 e. The molecule has 0 spiro atoms. The first-order valence-electron chi connectivity index (χ1n) is 7.71. The fourth-order valence-corrected chi connectivity index (χ4v) is 2.55. The van der Waals surface area contributed by atoms with E-state index in [4.69, 9.17) is 0 Å². The van der Waals surface area contributed by atoms with E-state index in [1.807, 2.05) is 0 Å². The number of carbonyl (C=O) groups excluding carboxylic acids is 3. The Kier molecular flexibility index (Phi) is 4.78. The third-order valence-corrected chi connectivity index (χ3v) is 3.81. The first-order valence-corrected chi connectivity index (χ1v) is 7.71. The molecule has 4 amide bonds. The number of nitrogens with zero attached hydrogens (tertiary/aromatic N) is 3. The molecule has 0 saturated heterocycles. The monoisotopic (exact) mass is 342 g/mol. The molecule has 2 aliphatic rings. The molecule has 0 fully saturated rings. The third-order valence-electron chi connectivity index (χ3n) is 3.81. The Balaban J connectivity index is 1.54. The highest BCUT2D eigenvalue weighted by Crippen LogP contribution is 2.18. The van der Waals surface area contributed by atoms with Crippen LogP contribution >= 0.6 is 0 Å². The smallest absolute Gasteiger partial charge is 0.352 e. The predicted molar refractivity (Wildman–Crippen MR) is 88.8 cm³/mol. The van der Waals surface area contributed by atoms with Crippen molar-refractivity contribution in [1.29, 1.82) is 0 Å². The van der Waals surface area contributed by atoms with Crippen LogP contribution in [0.1, 0.15) is 5.56 Å². The molecule has 0 aliphatic carbocycles. The molecular weight excluding hydrogens is 327 g/mol. The minimum absolute atomic E-state index is 0.00842. The fraction of sp³-hybridized carbons (Fsp3) is 0.235. The van der Waals surface area contributed by atoms with E-state index in [0.717, 1.165) is 4.90 Å². The van der Waals surface area contributed by atoms with Gasteiger partial charge in [0.1, 0.15) is 17.6 Å². The molecule has 1 aromatic rings. The maximum Gasteiger partial charge on any atom is 0.352 e. The molecule has 1 N–H and O–H groups in total. The normalized spacial score (nSPS) is 18.8. The SMILES string of the molecule is O=C(Cc1ccccc1F)NCCN1C(=O)N=C2N=CC=CC2C1=O. The van der Waals surface area contributed by atoms with E-state index in [1.54, 1.807) is 24.3 Å². The van der Waals surface area contributed by atoms with Crippen LogP contribution in [-0.4, -0.2) is 47.9 Å². The Morgan fingerprint density at radius 3 is 2.88 bits per heavy atom. The van der Waals surface area contributed by atoms with Crippen molar-refractivity contribution in [3.8, 4) is 0 Å². The summed E-state index contributed by atoms with van der Waals surface area (Å²) in [6, 6.07) is 5.30. The molecule has 7 nitrogen and oxygen atoms in total. The van der Waals surface area contributed by atoms with Gasteiger partial charge < -0.3 is 5.32 Å². The van der Waals surface area contributed by atoms with Gasteiger partial charge in [-0.1, -0.05) is 24.3 Å². The summed E-state index contributed by atoms with van der Waals surface area (Å²) in [6.07, 6.45) is 4.58. The third kappa shape index (κ3) is 3.68. The van der Waals surface area contributed by atoms with E-state index in [0.29, 0.717) is 0 Å². The maximum absolute atomic E-state index is 13.5. The average molecular weight is 342 g/mol. The molecule has 8 heteroatoms. The topological polar surface area (TPSA) is 91.2 Å². The van der Waals surface area contributed by atoms with Gasteiger partial charge in [0, 0.05) is 19.3 Å². The fourth-order valence-electron chi connectivity index (χ4n) is 2.55. The molecule has 0 bridgehead atoms. The summed E-state index contributed by atoms with van der Waals surface area (Å²) in [7, 11) is 0. The van der Waals surface area contributed by atoms with E-state index < -0.39 is 29.6 Å². The van der Waals surface area contributed by atoms with Crippen molar-refractivity contribution in [3.63, 3.8) is 0 Å². The lowest BCUT2D eigenvalue weighted by Gasteiger charge is -2.27. The van der Waals surface area contributed by atoms with Gasteiger partial charge in [-0.3, -0.25) is 14.5 Å². The van der Waals surface area contributed by atoms with Crippen molar-refractivity contribution in [2.75, 3.05) is 13.1 Å². The standard InChI is InChI=1S/C17H15FN4O3/c18-13-6-2-1-4-11(13)10-14(23)19-8-9-22-16(24)12-5-3-7-20-15(12)21-17(22)25/h1-7,12H,8-10H2,(H,19,23). The number of nitrogens with one attached hydrogen (secondary N) is 1. The molecule has 0 aromatic heterocycles. The van der Waals surface area contributed by atoms with Gasteiger partial charge in [-0.25, -0.2) is 14.2 Å². The lowest BCUT2D eigenvalue weighted by atomic mass is 10.0. The number of rotatable bonds is 5. The second kappa shape index (κ2) is 7.16. The molecule has 2 heterocycles. The maximum atomic E-state index is 13.5. The molecule has 25 heavy (non-hydrogen) atoms. The number of halogens is 1. The van der Waals surface area contributed by atoms with Crippen LogP contribution in [0.5, 0.6) is 0 Å². The molecule has 1 unspecified atom stereocenters. The van der Waals surface area contributed by atoms with Crippen molar-refractivity contribution in [2.24, 2.45) is 15.9 Å². The Morgan fingerprint density at radius 2 is 2.08 bits per heavy atom. The zero-order chi connectivity index (χ0) is 17.8. The summed E-state index contributed by atoms with van der Waals surface area (Å²) in [4.78, 5) is 44.8. The van der Waals surface area contributed by atoms with Gasteiger partial charge >= 0.3 is 6.03 Å². The number of hydrogen-bond acceptors (Lipinski definition) is 4. The van der Waals surface area contributed by atoms with E-state index >= 15 is 0 Å². The molecule has 0 radical (unpaired) electrons. The minimum atomic E-state index is -0.702.